The molecule has 0 amide bonds. The predicted molar refractivity (Wildman–Crippen MR) is 105 cm³/mol. The van der Waals surface area contributed by atoms with Gasteiger partial charge in [0.15, 0.2) is 6.23 Å². The first-order chi connectivity index (χ1) is 15.1. The van der Waals surface area contributed by atoms with Gasteiger partial charge in [-0.25, -0.2) is 18.5 Å². The Morgan fingerprint density at radius 2 is 1.73 bits per heavy atom. The number of nitrogens with two attached hydrogens (primary N) is 1. The number of aliphatic hydroxyl groups excluding tert-OH is 2. The highest BCUT2D eigenvalue weighted by atomic mass is 31.3. The molecule has 1 aromatic rings. The Morgan fingerprint density at radius 3 is 2.30 bits per heavy atom. The van der Waals surface area contributed by atoms with Gasteiger partial charge in [0.2, 0.25) is 0 Å². The summed E-state index contributed by atoms with van der Waals surface area (Å²) in [6.45, 7) is -1.00. The molecule has 9 N–H and O–H groups in total. The van der Waals surface area contributed by atoms with Gasteiger partial charge in [0, 0.05) is 12.7 Å². The Bertz CT molecular complexity index is 1140. The first kappa shape index (κ1) is 27.9. The van der Waals surface area contributed by atoms with Crippen LogP contribution < -0.4 is 17.0 Å². The molecule has 0 aromatic carbocycles. The number of phosphoric acid groups is 3. The summed E-state index contributed by atoms with van der Waals surface area (Å²) < 4.78 is 51.1. The lowest BCUT2D eigenvalue weighted by molar-refractivity contribution is -0.0542. The van der Waals surface area contributed by atoms with Crippen molar-refractivity contribution >= 4 is 29.5 Å². The minimum atomic E-state index is -5.76. The summed E-state index contributed by atoms with van der Waals surface area (Å²) in [7, 11) is -16.9. The summed E-state index contributed by atoms with van der Waals surface area (Å²) in [6, 6.07) is 0. The Balaban J connectivity index is 2.15. The molecule has 6 unspecified atom stereocenters. The Morgan fingerprint density at radius 1 is 1.09 bits per heavy atom. The zero-order valence-corrected chi connectivity index (χ0v) is 18.9. The van der Waals surface area contributed by atoms with Crippen molar-refractivity contribution in [2.45, 2.75) is 24.5 Å². The Labute approximate surface area is 183 Å². The molecule has 1 fully saturated rings. The summed E-state index contributed by atoms with van der Waals surface area (Å²) >= 11 is 0. The van der Waals surface area contributed by atoms with Gasteiger partial charge in [0.1, 0.15) is 18.3 Å². The number of ether oxygens (including phenoxy) is 1. The van der Waals surface area contributed by atoms with Crippen LogP contribution in [0, 0.1) is 0 Å². The monoisotopic (exact) mass is 539 g/mol. The van der Waals surface area contributed by atoms with Crippen molar-refractivity contribution in [2.24, 2.45) is 5.73 Å². The summed E-state index contributed by atoms with van der Waals surface area (Å²) in [5.74, 6) is 0. The van der Waals surface area contributed by atoms with Gasteiger partial charge >= 0.3 is 29.2 Å². The second kappa shape index (κ2) is 10.5. The zero-order valence-electron chi connectivity index (χ0n) is 16.2. The number of nitrogens with one attached hydrogen (secondary N) is 1. The van der Waals surface area contributed by atoms with E-state index in [1.54, 1.807) is 0 Å². The van der Waals surface area contributed by atoms with Gasteiger partial charge in [-0.2, -0.15) is 8.62 Å². The van der Waals surface area contributed by atoms with Crippen LogP contribution in [0.15, 0.2) is 21.9 Å². The molecule has 1 aliphatic rings. The zero-order chi connectivity index (χ0) is 25.2. The lowest BCUT2D eigenvalue weighted by Crippen LogP contribution is -2.38. The van der Waals surface area contributed by atoms with E-state index >= 15 is 0 Å². The second-order valence-corrected chi connectivity index (χ2v) is 10.7. The molecule has 33 heavy (non-hydrogen) atoms. The van der Waals surface area contributed by atoms with E-state index in [1.807, 2.05) is 4.98 Å². The molecular weight excluding hydrogens is 519 g/mol. The Hall–Kier alpha value is -1.33. The van der Waals surface area contributed by atoms with Crippen LogP contribution in [-0.2, 0) is 31.6 Å². The lowest BCUT2D eigenvalue weighted by Gasteiger charge is -2.19. The molecule has 1 aromatic heterocycles. The first-order valence-corrected chi connectivity index (χ1v) is 13.1. The third-order valence-electron chi connectivity index (χ3n) is 3.86. The maximum Gasteiger partial charge on any atom is 0.490 e. The number of nitrogens with zero attached hydrogens (tertiary/aromatic N) is 1. The largest absolute Gasteiger partial charge is 0.490 e. The number of hydrogen-bond donors (Lipinski definition) is 8. The maximum atomic E-state index is 12.1. The molecule has 0 spiro atoms. The third-order valence-corrected chi connectivity index (χ3v) is 7.66. The topological polar surface area (TPSA) is 290 Å². The van der Waals surface area contributed by atoms with E-state index in [0.717, 1.165) is 10.8 Å². The van der Waals surface area contributed by atoms with Crippen molar-refractivity contribution in [3.63, 3.8) is 0 Å². The van der Waals surface area contributed by atoms with Gasteiger partial charge in [-0.05, 0) is 0 Å². The molecule has 2 heterocycles. The van der Waals surface area contributed by atoms with Crippen LogP contribution in [0.5, 0.6) is 0 Å². The van der Waals surface area contributed by atoms with Crippen LogP contribution in [0.4, 0.5) is 0 Å². The van der Waals surface area contributed by atoms with E-state index < -0.39 is 65.9 Å². The maximum absolute atomic E-state index is 12.1. The van der Waals surface area contributed by atoms with E-state index in [0.29, 0.717) is 0 Å². The minimum Gasteiger partial charge on any atom is -0.387 e. The first-order valence-electron chi connectivity index (χ1n) is 8.57. The van der Waals surface area contributed by atoms with Crippen molar-refractivity contribution in [1.82, 2.24) is 9.55 Å². The summed E-state index contributed by atoms with van der Waals surface area (Å²) in [4.78, 5) is 61.4. The molecule has 188 valence electrons. The van der Waals surface area contributed by atoms with Gasteiger partial charge in [0.25, 0.3) is 5.56 Å². The average Bonchev–Trinajstić information content (AvgIpc) is 2.91. The van der Waals surface area contributed by atoms with Crippen LogP contribution in [0.1, 0.15) is 11.8 Å². The summed E-state index contributed by atoms with van der Waals surface area (Å²) in [6.07, 6.45) is -3.19. The van der Waals surface area contributed by atoms with Gasteiger partial charge in [-0.15, -0.1) is 0 Å². The molecule has 1 aliphatic heterocycles. The number of aromatic nitrogens is 2. The number of hydrogen-bond acceptors (Lipinski definition) is 12. The van der Waals surface area contributed by atoms with Gasteiger partial charge in [-0.1, -0.05) is 12.2 Å². The van der Waals surface area contributed by atoms with Crippen molar-refractivity contribution in [2.75, 3.05) is 13.2 Å². The van der Waals surface area contributed by atoms with E-state index in [4.69, 9.17) is 25.2 Å². The molecule has 6 atom stereocenters. The SMILES string of the molecule is NCC=Cc1cn(C2OC(COP(=O)(O)OP(=O)(O)OP(=O)(O)O)C(O)C2O)c(=O)[nH]c1=O. The second-order valence-electron chi connectivity index (χ2n) is 6.32. The highest BCUT2D eigenvalue weighted by Crippen LogP contribution is 2.66. The quantitative estimate of drug-likeness (QED) is 0.142. The fraction of sp³-hybridized carbons (Fsp3) is 0.500. The van der Waals surface area contributed by atoms with E-state index in [9.17, 15) is 38.4 Å². The Kier molecular flexibility index (Phi) is 8.89. The average molecular weight is 539 g/mol. The molecule has 18 nitrogen and oxygen atoms in total. The number of rotatable bonds is 10. The fourth-order valence-electron chi connectivity index (χ4n) is 2.57. The molecule has 0 radical (unpaired) electrons. The van der Waals surface area contributed by atoms with Crippen molar-refractivity contribution < 1.29 is 61.4 Å². The normalized spacial score (nSPS) is 27.5. The van der Waals surface area contributed by atoms with Crippen LogP contribution >= 0.6 is 23.5 Å². The number of aliphatic hydroxyl groups is 2. The smallest absolute Gasteiger partial charge is 0.387 e. The molecular formula is C12H20N3O15P3. The van der Waals surface area contributed by atoms with Gasteiger partial charge in [0.05, 0.1) is 12.2 Å². The molecule has 2 rings (SSSR count). The minimum absolute atomic E-state index is 0.0537. The molecule has 0 aliphatic carbocycles. The highest BCUT2D eigenvalue weighted by Gasteiger charge is 2.46. The van der Waals surface area contributed by atoms with Crippen LogP contribution in [0.3, 0.4) is 0 Å². The molecule has 1 saturated heterocycles. The molecule has 0 bridgehead atoms. The van der Waals surface area contributed by atoms with Crippen molar-refractivity contribution in [3.8, 4) is 0 Å². The van der Waals surface area contributed by atoms with E-state index in [-0.39, 0.29) is 12.1 Å². The van der Waals surface area contributed by atoms with Crippen molar-refractivity contribution in [1.29, 1.82) is 0 Å². The van der Waals surface area contributed by atoms with E-state index in [1.165, 1.54) is 12.2 Å². The summed E-state index contributed by atoms with van der Waals surface area (Å²) in [5.41, 5.74) is 3.43. The lowest BCUT2D eigenvalue weighted by atomic mass is 10.1. The van der Waals surface area contributed by atoms with Crippen LogP contribution in [-0.4, -0.2) is 70.8 Å². The molecule has 0 saturated carbocycles. The number of phosphoric ester groups is 1. The number of H-pyrrole nitrogens is 1. The van der Waals surface area contributed by atoms with Gasteiger partial charge < -0.3 is 40.3 Å². The number of aromatic amines is 1. The standard InChI is InChI=1S/C12H20N3O15P3/c13-3-1-2-6-4-15(12(19)14-10(6)18)11-9(17)8(16)7(28-11)5-27-32(23,24)30-33(25,26)29-31(20,21)22/h1-2,4,7-9,11,16-17H,3,5,13H2,(H,23,24)(H,25,26)(H,14,18,19)(H2,20,21,22). The highest BCUT2D eigenvalue weighted by molar-refractivity contribution is 7.66. The van der Waals surface area contributed by atoms with Gasteiger partial charge in [-0.3, -0.25) is 18.9 Å². The van der Waals surface area contributed by atoms with Crippen molar-refractivity contribution in [3.05, 3.63) is 38.7 Å². The fourth-order valence-corrected chi connectivity index (χ4v) is 5.60. The van der Waals surface area contributed by atoms with E-state index in [2.05, 4.69) is 13.1 Å². The van der Waals surface area contributed by atoms with Crippen LogP contribution in [0.25, 0.3) is 6.08 Å². The third kappa shape index (κ3) is 7.85. The molecule has 21 heteroatoms. The van der Waals surface area contributed by atoms with Crippen LogP contribution in [0.2, 0.25) is 0 Å². The summed E-state index contributed by atoms with van der Waals surface area (Å²) in [5, 5.41) is 20.3. The predicted octanol–water partition coefficient (Wildman–Crippen LogP) is -2.53.